The molecule has 0 saturated heterocycles. The van der Waals surface area contributed by atoms with Crippen LogP contribution in [0, 0.1) is 27.7 Å². The van der Waals surface area contributed by atoms with Gasteiger partial charge in [-0.3, -0.25) is 0 Å². The summed E-state index contributed by atoms with van der Waals surface area (Å²) in [5.41, 5.74) is 25.8. The van der Waals surface area contributed by atoms with E-state index in [1.54, 1.807) is 49.2 Å². The van der Waals surface area contributed by atoms with Crippen LogP contribution in [0.15, 0.2) is 194 Å². The van der Waals surface area contributed by atoms with Crippen molar-refractivity contribution < 1.29 is 39.8 Å². The first-order valence-electron chi connectivity index (χ1n) is 33.5. The van der Waals surface area contributed by atoms with Crippen molar-refractivity contribution in [2.45, 2.75) is 142 Å². The van der Waals surface area contributed by atoms with Gasteiger partial charge in [-0.25, -0.2) is 0 Å². The van der Waals surface area contributed by atoms with Crippen molar-refractivity contribution in [1.82, 2.24) is 0 Å². The Labute approximate surface area is 590 Å². The Balaban J connectivity index is 0.000000199. The summed E-state index contributed by atoms with van der Waals surface area (Å²) in [7, 11) is 13.8. The van der Waals surface area contributed by atoms with Crippen LogP contribution in [-0.4, -0.2) is 46.0 Å². The van der Waals surface area contributed by atoms with E-state index >= 15 is 0 Å². The molecular formula is C86H96Cl2O4Si2Zr-4. The van der Waals surface area contributed by atoms with Crippen LogP contribution in [0.4, 0.5) is 0 Å². The molecule has 4 nitrogen and oxygen atoms in total. The summed E-state index contributed by atoms with van der Waals surface area (Å²) in [6, 6.07) is 45.9. The average Bonchev–Trinajstić information content (AvgIpc) is 1.61. The molecule has 0 amide bonds. The number of halogens is 2. The van der Waals surface area contributed by atoms with E-state index in [9.17, 15) is 0 Å². The number of methoxy groups -OCH3 is 4. The summed E-state index contributed by atoms with van der Waals surface area (Å²) in [5, 5.41) is 6.28. The predicted octanol–water partition coefficient (Wildman–Crippen LogP) is 19.2. The molecule has 0 saturated carbocycles. The average molecular weight is 1410 g/mol. The maximum atomic E-state index is 5.74. The molecule has 8 aromatic rings. The Hall–Kier alpha value is -6.06. The van der Waals surface area contributed by atoms with E-state index in [-0.39, 0.29) is 46.1 Å². The van der Waals surface area contributed by atoms with Crippen molar-refractivity contribution in [3.8, 4) is 0 Å². The van der Waals surface area contributed by atoms with Gasteiger partial charge in [0.2, 0.25) is 0 Å². The zero-order chi connectivity index (χ0) is 68.3. The van der Waals surface area contributed by atoms with Crippen molar-refractivity contribution in [2.75, 3.05) is 28.4 Å². The molecule has 8 aromatic carbocycles. The van der Waals surface area contributed by atoms with Gasteiger partial charge in [-0.2, -0.15) is 68.8 Å². The van der Waals surface area contributed by atoms with Crippen LogP contribution >= 0.6 is 17.0 Å². The van der Waals surface area contributed by atoms with Crippen molar-refractivity contribution in [3.05, 3.63) is 306 Å². The van der Waals surface area contributed by atoms with Crippen molar-refractivity contribution >= 4 is 79.7 Å². The van der Waals surface area contributed by atoms with Gasteiger partial charge >= 0.3 is 37.9 Å². The molecule has 12 rings (SSSR count). The molecule has 4 aliphatic rings. The van der Waals surface area contributed by atoms with E-state index in [0.717, 1.165) is 0 Å². The van der Waals surface area contributed by atoms with Crippen LogP contribution in [0.5, 0.6) is 0 Å². The molecule has 0 N–H and O–H groups in total. The van der Waals surface area contributed by atoms with E-state index in [1.807, 2.05) is 0 Å². The van der Waals surface area contributed by atoms with Crippen molar-refractivity contribution in [3.63, 3.8) is 0 Å². The fraction of sp³-hybridized carbons (Fsp3) is 0.302. The van der Waals surface area contributed by atoms with Gasteiger partial charge in [-0.15, -0.1) is 91.6 Å². The van der Waals surface area contributed by atoms with E-state index in [2.05, 4.69) is 315 Å². The number of benzene rings is 4. The zero-order valence-electron chi connectivity index (χ0n) is 59.1. The Morgan fingerprint density at radius 3 is 0.674 bits per heavy atom. The Morgan fingerprint density at radius 1 is 0.326 bits per heavy atom. The Morgan fingerprint density at radius 2 is 0.505 bits per heavy atom. The standard InChI is InChI=1S/2C43H48O2Si.2ClH.Zr/c2*1-28-26-38-34(30-18-22-32(23-19-30)42(3,4)44-7)14-10-12-16-36(38)40(28)46(9)41-29(2)27-39-35(15-11-13-17-37(39)41)31-20-24-33(25-21-31)43(5,6)45-8;;;/h2*10-27,34-35,46H,1-9H3;2*1H;/q2*-2;;;+2/p-2. The number of fused-ring (bicyclic) bond motifs is 4. The third-order valence-electron chi connectivity index (χ3n) is 21.3. The van der Waals surface area contributed by atoms with E-state index in [4.69, 9.17) is 36.0 Å². The second kappa shape index (κ2) is 30.0. The van der Waals surface area contributed by atoms with E-state index in [1.165, 1.54) is 111 Å². The second-order valence-corrected chi connectivity index (χ2v) is 37.1. The van der Waals surface area contributed by atoms with Crippen LogP contribution in [0.3, 0.4) is 0 Å². The monoisotopic (exact) mass is 1410 g/mol. The number of hydrogen-bond donors (Lipinski definition) is 0. The summed E-state index contributed by atoms with van der Waals surface area (Å²) in [6.07, 6.45) is 36.7. The minimum atomic E-state index is -1.57. The number of ether oxygens (including phenoxy) is 4. The number of allylic oxidation sites excluding steroid dienone is 12. The summed E-state index contributed by atoms with van der Waals surface area (Å²) < 4.78 is 23.0. The normalized spacial score (nSPS) is 17.9. The molecule has 4 aliphatic carbocycles. The molecule has 95 heavy (non-hydrogen) atoms. The van der Waals surface area contributed by atoms with Gasteiger partial charge < -0.3 is 18.9 Å². The molecule has 494 valence electrons. The molecule has 4 atom stereocenters. The number of hydrogen-bond acceptors (Lipinski definition) is 4. The van der Waals surface area contributed by atoms with Gasteiger partial charge in [0.15, 0.2) is 0 Å². The van der Waals surface area contributed by atoms with Crippen LogP contribution < -0.4 is 20.7 Å². The first-order chi connectivity index (χ1) is 45.3. The van der Waals surface area contributed by atoms with Crippen molar-refractivity contribution in [1.29, 1.82) is 0 Å². The topological polar surface area (TPSA) is 36.9 Å². The third-order valence-corrected chi connectivity index (χ3v) is 27.8. The molecule has 0 heterocycles. The van der Waals surface area contributed by atoms with Crippen LogP contribution in [-0.2, 0) is 62.2 Å². The van der Waals surface area contributed by atoms with Crippen LogP contribution in [0.1, 0.15) is 190 Å². The summed E-state index contributed by atoms with van der Waals surface area (Å²) in [4.78, 5) is 0. The summed E-state index contributed by atoms with van der Waals surface area (Å²) in [5.74, 6) is 0.873. The molecule has 4 unspecified atom stereocenters. The van der Waals surface area contributed by atoms with Crippen molar-refractivity contribution in [2.24, 2.45) is 0 Å². The number of aryl methyl sites for hydroxylation is 4. The van der Waals surface area contributed by atoms with Gasteiger partial charge in [-0.05, 0) is 124 Å². The fourth-order valence-electron chi connectivity index (χ4n) is 15.1. The van der Waals surface area contributed by atoms with Gasteiger partial charge in [0.05, 0.1) is 22.4 Å². The second-order valence-electron chi connectivity index (χ2n) is 28.2. The Bertz CT molecular complexity index is 3710. The molecule has 0 aliphatic heterocycles. The maximum absolute atomic E-state index is 5.74. The molecule has 9 heteroatoms. The molecule has 0 spiro atoms. The first kappa shape index (κ1) is 71.7. The number of rotatable bonds is 16. The molecule has 0 radical (unpaired) electrons. The van der Waals surface area contributed by atoms with Crippen LogP contribution in [0.2, 0.25) is 13.1 Å². The van der Waals surface area contributed by atoms with E-state index in [0.29, 0.717) is 0 Å². The third kappa shape index (κ3) is 14.7. The minimum absolute atomic E-state index is 0.218. The predicted molar refractivity (Wildman–Crippen MR) is 409 cm³/mol. The molecule has 0 bridgehead atoms. The molecular weight excluding hydrogens is 1320 g/mol. The zero-order valence-corrected chi connectivity index (χ0v) is 65.4. The van der Waals surface area contributed by atoms with Gasteiger partial charge in [0.25, 0.3) is 0 Å². The summed E-state index contributed by atoms with van der Waals surface area (Å²) >= 11 is -0.826. The SMILES string of the molecule is COC(C)(C)c1ccc(C2C=CC=Cc3c2cc(C)[c-]3[SiH](C)[c-]2c(C)cc3c2C=CC=CC3c2ccc(C(C)(C)OC)cc2)cc1.COC(C)(C)c1ccc(C2C=CC=Cc3c2cc(C)[c-]3[SiH](C)[c-]2c(C)cc3c2C=CC=CC3c2ccc(C(C)(C)OC)cc2)cc1.[Cl][Zr][Cl]. The molecule has 0 aromatic heterocycles. The van der Waals surface area contributed by atoms with Crippen LogP contribution in [0.25, 0.3) is 24.3 Å². The van der Waals surface area contributed by atoms with Gasteiger partial charge in [-0.1, -0.05) is 186 Å². The van der Waals surface area contributed by atoms with Gasteiger partial charge in [0.1, 0.15) is 0 Å². The quantitative estimate of drug-likeness (QED) is 0.0714. The summed E-state index contributed by atoms with van der Waals surface area (Å²) in [6.45, 7) is 31.3. The van der Waals surface area contributed by atoms with Gasteiger partial charge in [0, 0.05) is 46.0 Å². The fourth-order valence-corrected chi connectivity index (χ4v) is 21.7. The molecule has 0 fully saturated rings. The Kier molecular flexibility index (Phi) is 22.6. The van der Waals surface area contributed by atoms with E-state index < -0.39 is 38.4 Å². The first-order valence-corrected chi connectivity index (χ1v) is 44.5.